The molecule has 3 N–H and O–H groups in total. The first-order valence-corrected chi connectivity index (χ1v) is 11.3. The molecule has 0 saturated heterocycles. The van der Waals surface area contributed by atoms with Crippen LogP contribution < -0.4 is 20.8 Å². The number of ether oxygens (including phenoxy) is 2. The number of rotatable bonds is 6. The number of amides is 3. The molecule has 0 aromatic heterocycles. The van der Waals surface area contributed by atoms with E-state index >= 15 is 0 Å². The van der Waals surface area contributed by atoms with Gasteiger partial charge in [0.05, 0.1) is 0 Å². The van der Waals surface area contributed by atoms with Crippen LogP contribution in [0.25, 0.3) is 0 Å². The molecule has 1 heterocycles. The summed E-state index contributed by atoms with van der Waals surface area (Å²) < 4.78 is 35.7. The average Bonchev–Trinajstić information content (AvgIpc) is 2.75. The molecule has 2 aliphatic rings. The molecule has 1 aromatic rings. The van der Waals surface area contributed by atoms with Crippen LogP contribution in [0.3, 0.4) is 0 Å². The van der Waals surface area contributed by atoms with Gasteiger partial charge in [-0.2, -0.15) is 13.9 Å². The molecule has 1 aliphatic carbocycles. The fraction of sp³-hybridized carbons (Fsp3) is 0.524. The molecular formula is C21H25BrF2N4O5. The van der Waals surface area contributed by atoms with Crippen LogP contribution in [0.5, 0.6) is 5.75 Å². The second kappa shape index (κ2) is 10.4. The summed E-state index contributed by atoms with van der Waals surface area (Å²) in [5, 5.41) is 9.20. The monoisotopic (exact) mass is 530 g/mol. The zero-order valence-electron chi connectivity index (χ0n) is 18.1. The molecule has 1 aliphatic heterocycles. The highest BCUT2D eigenvalue weighted by molar-refractivity contribution is 9.10. The van der Waals surface area contributed by atoms with Gasteiger partial charge in [-0.05, 0) is 79.1 Å². The molecule has 3 amide bonds. The Hall–Kier alpha value is -2.76. The minimum atomic E-state index is -2.94. The Balaban J connectivity index is 1.71. The van der Waals surface area contributed by atoms with Crippen molar-refractivity contribution in [2.24, 2.45) is 11.0 Å². The van der Waals surface area contributed by atoms with Crippen LogP contribution in [0.15, 0.2) is 27.8 Å². The summed E-state index contributed by atoms with van der Waals surface area (Å²) in [5.41, 5.74) is 2.47. The summed E-state index contributed by atoms with van der Waals surface area (Å²) in [6.07, 6.45) is 2.43. The molecule has 1 saturated carbocycles. The molecule has 0 bridgehead atoms. The first-order valence-electron chi connectivity index (χ1n) is 10.5. The molecular weight excluding hydrogens is 506 g/mol. The first-order chi connectivity index (χ1) is 15.6. The van der Waals surface area contributed by atoms with Crippen LogP contribution in [0.1, 0.15) is 44.6 Å². The summed E-state index contributed by atoms with van der Waals surface area (Å²) in [7, 11) is 1.39. The van der Waals surface area contributed by atoms with Crippen molar-refractivity contribution in [3.8, 4) is 5.75 Å². The van der Waals surface area contributed by atoms with Crippen molar-refractivity contribution in [3.63, 3.8) is 0 Å². The standard InChI is InChI=1S/C21H25BrF2N4O5/c1-11(26-18(30)17(29)25-2)9-12-5-7-21(8-6-12)16(27-28-20(31)33-21)14-4-3-13(10-15(14)22)32-19(23)24/h3-4,10-12,19H,5-9H2,1-2H3,(H,25,29)(H,26,30)(H,28,31)/t11-,12?,21?/m0/s1. The lowest BCUT2D eigenvalue weighted by molar-refractivity contribution is -0.139. The van der Waals surface area contributed by atoms with Crippen molar-refractivity contribution in [1.29, 1.82) is 0 Å². The number of hydrazone groups is 1. The molecule has 33 heavy (non-hydrogen) atoms. The second-order valence-corrected chi connectivity index (χ2v) is 8.96. The maximum atomic E-state index is 12.5. The molecule has 1 spiro atoms. The molecule has 1 atom stereocenters. The zero-order valence-corrected chi connectivity index (χ0v) is 19.7. The summed E-state index contributed by atoms with van der Waals surface area (Å²) in [6, 6.07) is 4.21. The first kappa shape index (κ1) is 24.9. The predicted molar refractivity (Wildman–Crippen MR) is 118 cm³/mol. The highest BCUT2D eigenvalue weighted by Crippen LogP contribution is 2.42. The second-order valence-electron chi connectivity index (χ2n) is 8.11. The SMILES string of the molecule is CNC(=O)C(=O)N[C@@H](C)CC1CCC2(CC1)OC(=O)NN=C2c1ccc(OC(F)F)cc1Br. The maximum absolute atomic E-state index is 12.5. The third-order valence-electron chi connectivity index (χ3n) is 5.81. The van der Waals surface area contributed by atoms with Crippen molar-refractivity contribution in [2.45, 2.75) is 57.3 Å². The Labute approximate surface area is 197 Å². The lowest BCUT2D eigenvalue weighted by Crippen LogP contribution is -2.52. The van der Waals surface area contributed by atoms with E-state index in [1.54, 1.807) is 6.07 Å². The van der Waals surface area contributed by atoms with Gasteiger partial charge >= 0.3 is 24.5 Å². The fourth-order valence-electron chi connectivity index (χ4n) is 4.30. The quantitative estimate of drug-likeness (QED) is 0.488. The molecule has 3 rings (SSSR count). The van der Waals surface area contributed by atoms with Gasteiger partial charge < -0.3 is 20.1 Å². The van der Waals surface area contributed by atoms with Crippen molar-refractivity contribution in [1.82, 2.24) is 16.1 Å². The minimum absolute atomic E-state index is 0.00691. The lowest BCUT2D eigenvalue weighted by Gasteiger charge is -2.42. The van der Waals surface area contributed by atoms with E-state index in [4.69, 9.17) is 4.74 Å². The molecule has 12 heteroatoms. The molecule has 0 unspecified atom stereocenters. The number of nitrogens with one attached hydrogen (secondary N) is 3. The van der Waals surface area contributed by atoms with Crippen molar-refractivity contribution >= 4 is 39.5 Å². The normalized spacial score (nSPS) is 23.3. The van der Waals surface area contributed by atoms with E-state index < -0.39 is 30.1 Å². The van der Waals surface area contributed by atoms with E-state index in [0.29, 0.717) is 47.9 Å². The molecule has 9 nitrogen and oxygen atoms in total. The Morgan fingerprint density at radius 2 is 2.03 bits per heavy atom. The summed E-state index contributed by atoms with van der Waals surface area (Å²) >= 11 is 3.38. The van der Waals surface area contributed by atoms with Crippen LogP contribution in [-0.4, -0.2) is 48.9 Å². The number of hydrogen-bond donors (Lipinski definition) is 3. The number of benzene rings is 1. The molecule has 0 radical (unpaired) electrons. The van der Waals surface area contributed by atoms with E-state index in [9.17, 15) is 23.2 Å². The van der Waals surface area contributed by atoms with E-state index in [2.05, 4.69) is 41.8 Å². The highest BCUT2D eigenvalue weighted by Gasteiger charge is 2.46. The average molecular weight is 531 g/mol. The van der Waals surface area contributed by atoms with E-state index in [1.165, 1.54) is 19.2 Å². The summed E-state index contributed by atoms with van der Waals surface area (Å²) in [6.45, 7) is -1.11. The zero-order chi connectivity index (χ0) is 24.2. The number of halogens is 3. The largest absolute Gasteiger partial charge is 0.435 e. The van der Waals surface area contributed by atoms with Crippen molar-refractivity contribution in [2.75, 3.05) is 7.05 Å². The number of carbonyl (C=O) groups excluding carboxylic acids is 3. The Morgan fingerprint density at radius 1 is 1.33 bits per heavy atom. The topological polar surface area (TPSA) is 118 Å². The van der Waals surface area contributed by atoms with Crippen LogP contribution in [0.4, 0.5) is 13.6 Å². The van der Waals surface area contributed by atoms with Gasteiger partial charge in [0.15, 0.2) is 5.60 Å². The number of nitrogens with zero attached hydrogens (tertiary/aromatic N) is 1. The summed E-state index contributed by atoms with van der Waals surface area (Å²) in [4.78, 5) is 35.2. The molecule has 1 fully saturated rings. The Kier molecular flexibility index (Phi) is 7.88. The van der Waals surface area contributed by atoms with Crippen LogP contribution >= 0.6 is 15.9 Å². The van der Waals surface area contributed by atoms with E-state index in [0.717, 1.165) is 0 Å². The van der Waals surface area contributed by atoms with Crippen LogP contribution in [0.2, 0.25) is 0 Å². The Bertz CT molecular complexity index is 951. The van der Waals surface area contributed by atoms with Gasteiger partial charge in [0.2, 0.25) is 0 Å². The lowest BCUT2D eigenvalue weighted by atomic mass is 9.73. The van der Waals surface area contributed by atoms with Crippen LogP contribution in [0, 0.1) is 5.92 Å². The molecule has 180 valence electrons. The van der Waals surface area contributed by atoms with E-state index in [1.807, 2.05) is 6.92 Å². The van der Waals surface area contributed by atoms with Crippen molar-refractivity contribution in [3.05, 3.63) is 28.2 Å². The number of alkyl halides is 2. The number of carbonyl (C=O) groups is 3. The smallest absolute Gasteiger partial charge is 0.428 e. The maximum Gasteiger partial charge on any atom is 0.428 e. The molecule has 1 aromatic carbocycles. The van der Waals surface area contributed by atoms with E-state index in [-0.39, 0.29) is 17.7 Å². The van der Waals surface area contributed by atoms with Gasteiger partial charge in [-0.15, -0.1) is 0 Å². The Morgan fingerprint density at radius 3 is 2.64 bits per heavy atom. The van der Waals surface area contributed by atoms with Gasteiger partial charge in [-0.25, -0.2) is 10.2 Å². The van der Waals surface area contributed by atoms with Crippen LogP contribution in [-0.2, 0) is 14.3 Å². The van der Waals surface area contributed by atoms with Gasteiger partial charge in [-0.3, -0.25) is 9.59 Å². The van der Waals surface area contributed by atoms with Gasteiger partial charge in [0.25, 0.3) is 0 Å². The third-order valence-corrected chi connectivity index (χ3v) is 6.47. The predicted octanol–water partition coefficient (Wildman–Crippen LogP) is 3.06. The number of likely N-dealkylation sites (N-methyl/N-ethyl adjacent to an activating group) is 1. The number of hydrogen-bond acceptors (Lipinski definition) is 6. The van der Waals surface area contributed by atoms with Gasteiger partial charge in [-0.1, -0.05) is 0 Å². The van der Waals surface area contributed by atoms with Gasteiger partial charge in [0, 0.05) is 23.1 Å². The highest BCUT2D eigenvalue weighted by atomic mass is 79.9. The van der Waals surface area contributed by atoms with Gasteiger partial charge in [0.1, 0.15) is 11.5 Å². The fourth-order valence-corrected chi connectivity index (χ4v) is 4.85. The van der Waals surface area contributed by atoms with Crippen molar-refractivity contribution < 1.29 is 32.6 Å². The third kappa shape index (κ3) is 5.98. The summed E-state index contributed by atoms with van der Waals surface area (Å²) in [5.74, 6) is -1.13. The minimum Gasteiger partial charge on any atom is -0.435 e.